The van der Waals surface area contributed by atoms with Crippen LogP contribution in [0.2, 0.25) is 0 Å². The van der Waals surface area contributed by atoms with Crippen molar-refractivity contribution in [2.75, 3.05) is 25.0 Å². The van der Waals surface area contributed by atoms with Crippen molar-refractivity contribution in [2.45, 2.75) is 24.7 Å². The molecule has 1 amide bonds. The van der Waals surface area contributed by atoms with Crippen molar-refractivity contribution in [1.82, 2.24) is 13.1 Å². The van der Waals surface area contributed by atoms with Crippen LogP contribution in [0.5, 0.6) is 5.75 Å². The third-order valence-corrected chi connectivity index (χ3v) is 7.49. The van der Waals surface area contributed by atoms with E-state index >= 15 is 0 Å². The minimum atomic E-state index is -3.77. The molecule has 0 bridgehead atoms. The molecule has 0 unspecified atom stereocenters. The third-order valence-electron chi connectivity index (χ3n) is 5.05. The Morgan fingerprint density at radius 2 is 2.03 bits per heavy atom. The average Bonchev–Trinajstić information content (AvgIpc) is 3.24. The Hall–Kier alpha value is -2.56. The second-order valence-corrected chi connectivity index (χ2v) is 9.47. The molecule has 0 radical (unpaired) electrons. The van der Waals surface area contributed by atoms with Gasteiger partial charge in [0.05, 0.1) is 24.3 Å². The molecule has 4 rings (SSSR count). The molecule has 158 valence electrons. The number of hydrogen-bond acceptors (Lipinski definition) is 7. The second kappa shape index (κ2) is 8.66. The summed E-state index contributed by atoms with van der Waals surface area (Å²) in [5.41, 5.74) is 1.59. The molecule has 2 heterocycles. The van der Waals surface area contributed by atoms with E-state index in [1.165, 1.54) is 4.31 Å². The first-order valence-corrected chi connectivity index (χ1v) is 11.9. The lowest BCUT2D eigenvalue weighted by molar-refractivity contribution is -0.120. The fourth-order valence-electron chi connectivity index (χ4n) is 3.55. The zero-order chi connectivity index (χ0) is 21.1. The van der Waals surface area contributed by atoms with Crippen molar-refractivity contribution >= 4 is 44.4 Å². The van der Waals surface area contributed by atoms with E-state index in [4.69, 9.17) is 4.74 Å². The van der Waals surface area contributed by atoms with Gasteiger partial charge < -0.3 is 10.1 Å². The van der Waals surface area contributed by atoms with Crippen LogP contribution in [0.3, 0.4) is 0 Å². The van der Waals surface area contributed by atoms with Gasteiger partial charge in [-0.3, -0.25) is 4.79 Å². The van der Waals surface area contributed by atoms with Gasteiger partial charge in [0.1, 0.15) is 21.7 Å². The normalized spacial score (nSPS) is 17.7. The summed E-state index contributed by atoms with van der Waals surface area (Å²) in [7, 11) is -3.77. The fourth-order valence-corrected chi connectivity index (χ4v) is 5.83. The lowest BCUT2D eigenvalue weighted by atomic mass is 9.99. The first-order valence-electron chi connectivity index (χ1n) is 9.74. The van der Waals surface area contributed by atoms with Gasteiger partial charge in [-0.1, -0.05) is 6.07 Å². The first kappa shape index (κ1) is 20.7. The van der Waals surface area contributed by atoms with Gasteiger partial charge >= 0.3 is 0 Å². The molecule has 1 aromatic heterocycles. The molecule has 0 spiro atoms. The first-order chi connectivity index (χ1) is 14.5. The summed E-state index contributed by atoms with van der Waals surface area (Å²) in [6.45, 7) is 3.00. The van der Waals surface area contributed by atoms with Crippen LogP contribution < -0.4 is 10.1 Å². The largest absolute Gasteiger partial charge is 0.494 e. The standard InChI is InChI=1S/C20H22N4O4S2/c1-2-28-16-10-8-15(9-11-16)21-20(25)14-5-4-12-24(13-14)30(26,27)18-7-3-6-17-19(18)23-29-22-17/h3,6-11,14H,2,4-5,12-13H2,1H3,(H,21,25)/t14-/m0/s1. The van der Waals surface area contributed by atoms with Crippen LogP contribution in [0.25, 0.3) is 11.0 Å². The summed E-state index contributed by atoms with van der Waals surface area (Å²) in [6, 6.07) is 12.1. The Balaban J connectivity index is 1.48. The number of nitrogens with zero attached hydrogens (tertiary/aromatic N) is 3. The molecule has 10 heteroatoms. The number of aromatic nitrogens is 2. The van der Waals surface area contributed by atoms with E-state index in [2.05, 4.69) is 14.1 Å². The number of fused-ring (bicyclic) bond motifs is 1. The minimum absolute atomic E-state index is 0.138. The SMILES string of the molecule is CCOc1ccc(NC(=O)[C@H]2CCCN(S(=O)(=O)c3cccc4nsnc34)C2)cc1. The number of piperidine rings is 1. The van der Waals surface area contributed by atoms with Crippen LogP contribution in [-0.2, 0) is 14.8 Å². The Labute approximate surface area is 179 Å². The van der Waals surface area contributed by atoms with Crippen LogP contribution in [0.1, 0.15) is 19.8 Å². The molecule has 1 N–H and O–H groups in total. The van der Waals surface area contributed by atoms with E-state index in [9.17, 15) is 13.2 Å². The van der Waals surface area contributed by atoms with Gasteiger partial charge in [-0.25, -0.2) is 8.42 Å². The van der Waals surface area contributed by atoms with E-state index in [1.54, 1.807) is 42.5 Å². The Morgan fingerprint density at radius 3 is 2.80 bits per heavy atom. The summed E-state index contributed by atoms with van der Waals surface area (Å²) in [6.07, 6.45) is 1.25. The molecule has 0 aliphatic carbocycles. The highest BCUT2D eigenvalue weighted by Gasteiger charge is 2.34. The molecular formula is C20H22N4O4S2. The molecule has 1 aliphatic heterocycles. The van der Waals surface area contributed by atoms with Crippen molar-refractivity contribution in [3.05, 3.63) is 42.5 Å². The predicted octanol–water partition coefficient (Wildman–Crippen LogP) is 3.13. The van der Waals surface area contributed by atoms with Gasteiger partial charge in [0, 0.05) is 18.8 Å². The van der Waals surface area contributed by atoms with Gasteiger partial charge in [-0.2, -0.15) is 13.1 Å². The highest BCUT2D eigenvalue weighted by Crippen LogP contribution is 2.28. The number of benzene rings is 2. The zero-order valence-corrected chi connectivity index (χ0v) is 18.1. The lowest BCUT2D eigenvalue weighted by Gasteiger charge is -2.31. The number of nitrogens with one attached hydrogen (secondary N) is 1. The molecular weight excluding hydrogens is 424 g/mol. The summed E-state index contributed by atoms with van der Waals surface area (Å²) in [4.78, 5) is 12.9. The number of hydrogen-bond donors (Lipinski definition) is 1. The molecule has 1 fully saturated rings. The van der Waals surface area contributed by atoms with Gasteiger partial charge in [-0.05, 0) is 56.2 Å². The van der Waals surface area contributed by atoms with E-state index in [-0.39, 0.29) is 17.3 Å². The summed E-state index contributed by atoms with van der Waals surface area (Å²) < 4.78 is 41.5. The van der Waals surface area contributed by atoms with E-state index in [0.29, 0.717) is 42.7 Å². The molecule has 1 aliphatic rings. The van der Waals surface area contributed by atoms with Crippen molar-refractivity contribution in [3.63, 3.8) is 0 Å². The number of anilines is 1. The van der Waals surface area contributed by atoms with E-state index in [0.717, 1.165) is 17.5 Å². The van der Waals surface area contributed by atoms with E-state index < -0.39 is 15.9 Å². The number of amides is 1. The predicted molar refractivity (Wildman–Crippen MR) is 115 cm³/mol. The number of rotatable bonds is 6. The van der Waals surface area contributed by atoms with Gasteiger partial charge in [0.15, 0.2) is 0 Å². The van der Waals surface area contributed by atoms with E-state index in [1.807, 2.05) is 6.92 Å². The number of carbonyl (C=O) groups is 1. The Morgan fingerprint density at radius 1 is 1.23 bits per heavy atom. The van der Waals surface area contributed by atoms with Crippen LogP contribution >= 0.6 is 11.7 Å². The maximum absolute atomic E-state index is 13.2. The van der Waals surface area contributed by atoms with Gasteiger partial charge in [0.25, 0.3) is 0 Å². The zero-order valence-electron chi connectivity index (χ0n) is 16.4. The van der Waals surface area contributed by atoms with Crippen LogP contribution in [0, 0.1) is 5.92 Å². The molecule has 30 heavy (non-hydrogen) atoms. The molecule has 0 saturated carbocycles. The second-order valence-electron chi connectivity index (χ2n) is 7.04. The Bertz CT molecular complexity index is 1150. The molecule has 3 aromatic rings. The minimum Gasteiger partial charge on any atom is -0.494 e. The van der Waals surface area contributed by atoms with Crippen LogP contribution in [0.15, 0.2) is 47.4 Å². The topological polar surface area (TPSA) is 101 Å². The number of sulfonamides is 1. The highest BCUT2D eigenvalue weighted by molar-refractivity contribution is 7.89. The number of carbonyl (C=O) groups excluding carboxylic acids is 1. The highest BCUT2D eigenvalue weighted by atomic mass is 32.2. The maximum atomic E-state index is 13.2. The summed E-state index contributed by atoms with van der Waals surface area (Å²) >= 11 is 0.984. The smallest absolute Gasteiger partial charge is 0.245 e. The van der Waals surface area contributed by atoms with Crippen molar-refractivity contribution in [3.8, 4) is 5.75 Å². The quantitative estimate of drug-likeness (QED) is 0.624. The third kappa shape index (κ3) is 4.16. The van der Waals surface area contributed by atoms with Crippen molar-refractivity contribution in [2.24, 2.45) is 5.92 Å². The van der Waals surface area contributed by atoms with Gasteiger partial charge in [-0.15, -0.1) is 0 Å². The van der Waals surface area contributed by atoms with Crippen LogP contribution in [0.4, 0.5) is 5.69 Å². The van der Waals surface area contributed by atoms with Gasteiger partial charge in [0.2, 0.25) is 15.9 Å². The summed E-state index contributed by atoms with van der Waals surface area (Å²) in [5.74, 6) is 0.122. The van der Waals surface area contributed by atoms with Crippen LogP contribution in [-0.4, -0.2) is 47.1 Å². The lowest BCUT2D eigenvalue weighted by Crippen LogP contribution is -2.43. The Kier molecular flexibility index (Phi) is 5.98. The molecule has 2 aromatic carbocycles. The number of ether oxygens (including phenoxy) is 1. The molecule has 1 saturated heterocycles. The van der Waals surface area contributed by atoms with Crippen molar-refractivity contribution < 1.29 is 17.9 Å². The summed E-state index contributed by atoms with van der Waals surface area (Å²) in [5, 5.41) is 2.88. The van der Waals surface area contributed by atoms with Crippen molar-refractivity contribution in [1.29, 1.82) is 0 Å². The molecule has 1 atom stereocenters. The monoisotopic (exact) mass is 446 g/mol. The maximum Gasteiger partial charge on any atom is 0.245 e. The molecule has 8 nitrogen and oxygen atoms in total. The fraction of sp³-hybridized carbons (Fsp3) is 0.350. The average molecular weight is 447 g/mol.